The van der Waals surface area contributed by atoms with Crippen LogP contribution in [0.4, 0.5) is 0 Å². The van der Waals surface area contributed by atoms with Crippen LogP contribution in [0.2, 0.25) is 0 Å². The Morgan fingerprint density at radius 3 is 3.00 bits per heavy atom. The Kier molecular flexibility index (Phi) is 4.00. The predicted octanol–water partition coefficient (Wildman–Crippen LogP) is -0.0730. The van der Waals surface area contributed by atoms with E-state index in [9.17, 15) is 4.79 Å². The molecule has 1 fully saturated rings. The minimum Gasteiger partial charge on any atom is -0.502 e. The van der Waals surface area contributed by atoms with Crippen LogP contribution in [0.25, 0.3) is 0 Å². The van der Waals surface area contributed by atoms with Gasteiger partial charge in [0, 0.05) is 18.7 Å². The molecule has 2 rings (SSSR count). The van der Waals surface area contributed by atoms with E-state index in [-0.39, 0.29) is 24.5 Å². The van der Waals surface area contributed by atoms with Crippen molar-refractivity contribution in [3.05, 3.63) is 28.3 Å². The van der Waals surface area contributed by atoms with Crippen molar-refractivity contribution in [1.29, 1.82) is 0 Å². The molecule has 0 spiro atoms. The lowest BCUT2D eigenvalue weighted by molar-refractivity contribution is -0.0821. The quantitative estimate of drug-likeness (QED) is 0.786. The standard InChI is InChI=1S/C12H17NO5/c1-8-6-17-10(5-14)4-13(8)3-9-2-11(15)12(16)7-18-9/h2,7-8,10,14,16H,3-6H2,1H3. The first kappa shape index (κ1) is 13.1. The minimum absolute atomic E-state index is 0.0251. The molecule has 2 N–H and O–H groups in total. The third-order valence-corrected chi connectivity index (χ3v) is 3.06. The number of hydrogen-bond donors (Lipinski definition) is 2. The summed E-state index contributed by atoms with van der Waals surface area (Å²) in [4.78, 5) is 13.4. The molecule has 0 amide bonds. The van der Waals surface area contributed by atoms with Crippen LogP contribution < -0.4 is 5.43 Å². The summed E-state index contributed by atoms with van der Waals surface area (Å²) < 4.78 is 10.6. The fourth-order valence-corrected chi connectivity index (χ4v) is 1.93. The van der Waals surface area contributed by atoms with Gasteiger partial charge in [-0.1, -0.05) is 0 Å². The van der Waals surface area contributed by atoms with Gasteiger partial charge >= 0.3 is 0 Å². The number of nitrogens with zero attached hydrogens (tertiary/aromatic N) is 1. The summed E-state index contributed by atoms with van der Waals surface area (Å²) in [5, 5.41) is 18.2. The summed E-state index contributed by atoms with van der Waals surface area (Å²) in [5.74, 6) is 0.102. The lowest BCUT2D eigenvalue weighted by atomic mass is 10.2. The second-order valence-electron chi connectivity index (χ2n) is 4.51. The normalized spacial score (nSPS) is 25.2. The van der Waals surface area contributed by atoms with Crippen LogP contribution in [0.5, 0.6) is 5.75 Å². The van der Waals surface area contributed by atoms with Crippen LogP contribution in [-0.2, 0) is 11.3 Å². The van der Waals surface area contributed by atoms with Crippen LogP contribution in [0.3, 0.4) is 0 Å². The molecular formula is C12H17NO5. The smallest absolute Gasteiger partial charge is 0.226 e. The zero-order valence-electron chi connectivity index (χ0n) is 10.2. The van der Waals surface area contributed by atoms with E-state index in [2.05, 4.69) is 4.90 Å². The number of hydrogen-bond acceptors (Lipinski definition) is 6. The van der Waals surface area contributed by atoms with Crippen LogP contribution in [0, 0.1) is 0 Å². The van der Waals surface area contributed by atoms with Gasteiger partial charge in [0.1, 0.15) is 12.0 Å². The Morgan fingerprint density at radius 2 is 2.33 bits per heavy atom. The molecule has 6 nitrogen and oxygen atoms in total. The monoisotopic (exact) mass is 255 g/mol. The van der Waals surface area contributed by atoms with Gasteiger partial charge in [0.05, 0.1) is 25.9 Å². The number of rotatable bonds is 3. The van der Waals surface area contributed by atoms with E-state index >= 15 is 0 Å². The lowest BCUT2D eigenvalue weighted by Gasteiger charge is -2.36. The molecule has 2 heterocycles. The zero-order chi connectivity index (χ0) is 13.1. The highest BCUT2D eigenvalue weighted by Crippen LogP contribution is 2.15. The highest BCUT2D eigenvalue weighted by Gasteiger charge is 2.26. The zero-order valence-corrected chi connectivity index (χ0v) is 10.2. The van der Waals surface area contributed by atoms with Crippen molar-refractivity contribution < 1.29 is 19.4 Å². The minimum atomic E-state index is -0.448. The Morgan fingerprint density at radius 1 is 1.56 bits per heavy atom. The van der Waals surface area contributed by atoms with E-state index in [1.807, 2.05) is 6.92 Å². The van der Waals surface area contributed by atoms with Crippen LogP contribution in [0.15, 0.2) is 21.5 Å². The second-order valence-corrected chi connectivity index (χ2v) is 4.51. The van der Waals surface area contributed by atoms with Crippen molar-refractivity contribution in [1.82, 2.24) is 4.90 Å². The van der Waals surface area contributed by atoms with Crippen molar-refractivity contribution in [2.24, 2.45) is 0 Å². The summed E-state index contributed by atoms with van der Waals surface area (Å²) in [6.45, 7) is 3.56. The van der Waals surface area contributed by atoms with Gasteiger partial charge in [-0.2, -0.15) is 0 Å². The Balaban J connectivity index is 2.07. The number of aliphatic hydroxyl groups excluding tert-OH is 1. The van der Waals surface area contributed by atoms with Crippen molar-refractivity contribution in [3.63, 3.8) is 0 Å². The average molecular weight is 255 g/mol. The molecule has 0 saturated carbocycles. The predicted molar refractivity (Wildman–Crippen MR) is 63.3 cm³/mol. The van der Waals surface area contributed by atoms with Gasteiger partial charge in [0.15, 0.2) is 5.75 Å². The topological polar surface area (TPSA) is 83.1 Å². The molecule has 1 aromatic heterocycles. The first-order valence-corrected chi connectivity index (χ1v) is 5.87. The summed E-state index contributed by atoms with van der Waals surface area (Å²) in [7, 11) is 0. The van der Waals surface area contributed by atoms with E-state index in [0.29, 0.717) is 25.5 Å². The molecular weight excluding hydrogens is 238 g/mol. The number of aliphatic hydroxyl groups is 1. The molecule has 18 heavy (non-hydrogen) atoms. The molecule has 0 aliphatic carbocycles. The third kappa shape index (κ3) is 2.90. The molecule has 1 aliphatic heterocycles. The fourth-order valence-electron chi connectivity index (χ4n) is 1.93. The van der Waals surface area contributed by atoms with Gasteiger partial charge in [0.2, 0.25) is 5.43 Å². The largest absolute Gasteiger partial charge is 0.502 e. The molecule has 2 atom stereocenters. The Bertz CT molecular complexity index is 458. The van der Waals surface area contributed by atoms with Crippen molar-refractivity contribution in [2.45, 2.75) is 25.6 Å². The average Bonchev–Trinajstić information content (AvgIpc) is 2.36. The number of aromatic hydroxyl groups is 1. The molecule has 6 heteroatoms. The van der Waals surface area contributed by atoms with E-state index in [4.69, 9.17) is 19.4 Å². The summed E-state index contributed by atoms with van der Waals surface area (Å²) in [6, 6.07) is 1.47. The second kappa shape index (κ2) is 5.51. The molecule has 0 aromatic carbocycles. The van der Waals surface area contributed by atoms with E-state index < -0.39 is 5.43 Å². The summed E-state index contributed by atoms with van der Waals surface area (Å²) in [5.41, 5.74) is -0.448. The van der Waals surface area contributed by atoms with Crippen molar-refractivity contribution >= 4 is 0 Å². The number of morpholine rings is 1. The molecule has 1 aromatic rings. The molecule has 1 aliphatic rings. The van der Waals surface area contributed by atoms with Gasteiger partial charge in [-0.25, -0.2) is 0 Å². The summed E-state index contributed by atoms with van der Waals surface area (Å²) in [6.07, 6.45) is 0.844. The number of ether oxygens (including phenoxy) is 1. The Hall–Kier alpha value is -1.37. The highest BCUT2D eigenvalue weighted by molar-refractivity contribution is 5.15. The van der Waals surface area contributed by atoms with E-state index in [1.165, 1.54) is 6.07 Å². The van der Waals surface area contributed by atoms with Crippen LogP contribution >= 0.6 is 0 Å². The van der Waals surface area contributed by atoms with Crippen molar-refractivity contribution in [2.75, 3.05) is 19.8 Å². The lowest BCUT2D eigenvalue weighted by Crippen LogP contribution is -2.48. The molecule has 0 radical (unpaired) electrons. The van der Waals surface area contributed by atoms with Gasteiger partial charge in [-0.15, -0.1) is 0 Å². The van der Waals surface area contributed by atoms with Gasteiger partial charge in [0.25, 0.3) is 0 Å². The molecule has 0 bridgehead atoms. The van der Waals surface area contributed by atoms with Crippen molar-refractivity contribution in [3.8, 4) is 5.75 Å². The Labute approximate surface area is 104 Å². The first-order valence-electron chi connectivity index (χ1n) is 5.87. The maximum absolute atomic E-state index is 11.3. The first-order chi connectivity index (χ1) is 8.60. The van der Waals surface area contributed by atoms with E-state index in [0.717, 1.165) is 6.26 Å². The van der Waals surface area contributed by atoms with Crippen LogP contribution in [-0.4, -0.2) is 47.0 Å². The summed E-state index contributed by atoms with van der Waals surface area (Å²) >= 11 is 0. The van der Waals surface area contributed by atoms with Gasteiger partial charge < -0.3 is 19.4 Å². The van der Waals surface area contributed by atoms with E-state index in [1.54, 1.807) is 0 Å². The molecule has 2 unspecified atom stereocenters. The highest BCUT2D eigenvalue weighted by atomic mass is 16.5. The molecule has 100 valence electrons. The SMILES string of the molecule is CC1COC(CO)CN1Cc1cc(=O)c(O)co1. The fraction of sp³-hybridized carbons (Fsp3) is 0.583. The maximum Gasteiger partial charge on any atom is 0.226 e. The van der Waals surface area contributed by atoms with Gasteiger partial charge in [-0.05, 0) is 6.92 Å². The maximum atomic E-state index is 11.3. The van der Waals surface area contributed by atoms with Gasteiger partial charge in [-0.3, -0.25) is 9.69 Å². The third-order valence-electron chi connectivity index (χ3n) is 3.06. The molecule has 1 saturated heterocycles. The van der Waals surface area contributed by atoms with Crippen LogP contribution in [0.1, 0.15) is 12.7 Å².